The Morgan fingerprint density at radius 3 is 2.58 bits per heavy atom. The molecule has 0 unspecified atom stereocenters. The number of carbonyl (C=O) groups excluding carboxylic acids is 1. The zero-order chi connectivity index (χ0) is 25.4. The average molecular weight is 505 g/mol. The van der Waals surface area contributed by atoms with E-state index in [0.717, 1.165) is 69.4 Å². The molecule has 190 valence electrons. The lowest BCUT2D eigenvalue weighted by Gasteiger charge is -2.22. The Labute approximate surface area is 220 Å². The number of alkyl halides is 1. The number of aromatic nitrogens is 1. The molecule has 0 aliphatic heterocycles. The third-order valence-electron chi connectivity index (χ3n) is 6.09. The molecule has 0 aliphatic rings. The van der Waals surface area contributed by atoms with Crippen LogP contribution in [0.4, 0.5) is 0 Å². The van der Waals surface area contributed by atoms with Crippen LogP contribution in [0.5, 0.6) is 5.75 Å². The zero-order valence-electron chi connectivity index (χ0n) is 21.3. The maximum Gasteiger partial charge on any atom is 0.155 e. The molecule has 0 aliphatic carbocycles. The van der Waals surface area contributed by atoms with Crippen molar-refractivity contribution in [3.8, 4) is 17.6 Å². The molecule has 3 aromatic rings. The predicted octanol–water partition coefficient (Wildman–Crippen LogP) is 7.28. The monoisotopic (exact) mass is 504 g/mol. The number of para-hydroxylation sites is 1. The summed E-state index contributed by atoms with van der Waals surface area (Å²) in [5, 5.41) is 1.25. The third kappa shape index (κ3) is 9.57. The van der Waals surface area contributed by atoms with Crippen LogP contribution in [0.1, 0.15) is 56.1 Å². The fourth-order valence-corrected chi connectivity index (χ4v) is 4.29. The fraction of sp³-hybridized carbons (Fsp3) is 0.387. The quantitative estimate of drug-likeness (QED) is 0.102. The minimum atomic E-state index is 0.178. The van der Waals surface area contributed by atoms with E-state index < -0.39 is 0 Å². The Balaban J connectivity index is 1.50. The van der Waals surface area contributed by atoms with Crippen molar-refractivity contribution in [2.24, 2.45) is 0 Å². The van der Waals surface area contributed by atoms with Crippen molar-refractivity contribution in [2.45, 2.75) is 58.0 Å². The molecule has 4 nitrogen and oxygen atoms in total. The number of hydrogen-bond donors (Lipinski definition) is 1. The fourth-order valence-electron chi connectivity index (χ4n) is 4.10. The first-order valence-corrected chi connectivity index (χ1v) is 13.3. The summed E-state index contributed by atoms with van der Waals surface area (Å²) in [6, 6.07) is 16.6. The van der Waals surface area contributed by atoms with Gasteiger partial charge in [0, 0.05) is 61.9 Å². The average Bonchev–Trinajstić information content (AvgIpc) is 3.31. The van der Waals surface area contributed by atoms with Crippen LogP contribution in [-0.2, 0) is 17.9 Å². The second-order valence-electron chi connectivity index (χ2n) is 8.93. The molecule has 5 heteroatoms. The third-order valence-corrected chi connectivity index (χ3v) is 6.35. The van der Waals surface area contributed by atoms with Crippen molar-refractivity contribution >= 4 is 28.3 Å². The molecule has 0 amide bonds. The smallest absolute Gasteiger partial charge is 0.155 e. The largest absolute Gasteiger partial charge is 0.497 e. The van der Waals surface area contributed by atoms with Gasteiger partial charge in [-0.3, -0.25) is 9.69 Å². The number of carbonyl (C=O) groups is 1. The molecule has 0 atom stereocenters. The molecule has 36 heavy (non-hydrogen) atoms. The number of fused-ring (bicyclic) bond motifs is 1. The second-order valence-corrected chi connectivity index (χ2v) is 9.31. The molecule has 3 rings (SSSR count). The van der Waals surface area contributed by atoms with E-state index in [2.05, 4.69) is 64.3 Å². The van der Waals surface area contributed by atoms with Gasteiger partial charge < -0.3 is 9.72 Å². The van der Waals surface area contributed by atoms with Crippen LogP contribution in [0.2, 0.25) is 0 Å². The van der Waals surface area contributed by atoms with E-state index in [1.165, 1.54) is 16.5 Å². The topological polar surface area (TPSA) is 45.3 Å². The summed E-state index contributed by atoms with van der Waals surface area (Å²) in [6.45, 7) is 2.53. The minimum absolute atomic E-state index is 0.178. The van der Waals surface area contributed by atoms with E-state index in [9.17, 15) is 4.79 Å². The van der Waals surface area contributed by atoms with Crippen LogP contribution >= 0.6 is 11.6 Å². The minimum Gasteiger partial charge on any atom is -0.497 e. The van der Waals surface area contributed by atoms with E-state index in [-0.39, 0.29) is 5.78 Å². The number of halogens is 1. The van der Waals surface area contributed by atoms with Gasteiger partial charge in [-0.15, -0.1) is 23.4 Å². The van der Waals surface area contributed by atoms with Gasteiger partial charge in [-0.2, -0.15) is 0 Å². The highest BCUT2D eigenvalue weighted by Gasteiger charge is 2.11. The van der Waals surface area contributed by atoms with Gasteiger partial charge in [-0.1, -0.05) is 36.4 Å². The number of benzene rings is 2. The maximum absolute atomic E-state index is 12.2. The van der Waals surface area contributed by atoms with E-state index in [1.807, 2.05) is 18.2 Å². The number of ether oxygens (including phenoxy) is 1. The van der Waals surface area contributed by atoms with E-state index in [0.29, 0.717) is 12.3 Å². The zero-order valence-corrected chi connectivity index (χ0v) is 22.0. The standard InChI is InChI=1S/C31H37ClN2O2/c1-36-29-19-17-26(18-20-29)24-34(25-27-23-33-31-16-9-8-15-30(27)31)22-12-10-14-28(35)13-7-5-3-2-4-6-11-21-32/h8-10,14-20,23,33H,4-7,11-13,21-22,24-25H2,1H3/b14-10+. The first kappa shape index (κ1) is 27.6. The normalized spacial score (nSPS) is 11.2. The summed E-state index contributed by atoms with van der Waals surface area (Å²) in [7, 11) is 1.68. The summed E-state index contributed by atoms with van der Waals surface area (Å²) in [5.74, 6) is 8.06. The Morgan fingerprint density at radius 1 is 1.03 bits per heavy atom. The Hall–Kier alpha value is -3.00. The van der Waals surface area contributed by atoms with Crippen molar-refractivity contribution in [3.63, 3.8) is 0 Å². The molecule has 1 aromatic heterocycles. The van der Waals surface area contributed by atoms with E-state index >= 15 is 0 Å². The lowest BCUT2D eigenvalue weighted by Crippen LogP contribution is -2.23. The Morgan fingerprint density at radius 2 is 1.81 bits per heavy atom. The summed E-state index contributed by atoms with van der Waals surface area (Å²) in [5.41, 5.74) is 3.67. The number of nitrogens with one attached hydrogen (secondary N) is 1. The molecule has 0 fully saturated rings. The SMILES string of the molecule is COc1ccc(CN(CC/C=C/C(=O)CCCC#CCCCCCl)Cc2c[nH]c3ccccc23)cc1. The van der Waals surface area contributed by atoms with Gasteiger partial charge >= 0.3 is 0 Å². The van der Waals surface area contributed by atoms with Crippen LogP contribution in [0.25, 0.3) is 10.9 Å². The summed E-state index contributed by atoms with van der Waals surface area (Å²) < 4.78 is 5.30. The summed E-state index contributed by atoms with van der Waals surface area (Å²) in [4.78, 5) is 18.0. The summed E-state index contributed by atoms with van der Waals surface area (Å²) >= 11 is 5.67. The highest BCUT2D eigenvalue weighted by Crippen LogP contribution is 2.21. The molecule has 1 heterocycles. The number of methoxy groups -OCH3 is 1. The number of allylic oxidation sites excluding steroid dienone is 1. The molecule has 2 aromatic carbocycles. The number of rotatable bonds is 15. The molecule has 0 spiro atoms. The van der Waals surface area contributed by atoms with E-state index in [1.54, 1.807) is 13.2 Å². The predicted molar refractivity (Wildman–Crippen MR) is 150 cm³/mol. The number of hydrogen-bond acceptors (Lipinski definition) is 3. The lowest BCUT2D eigenvalue weighted by atomic mass is 10.1. The van der Waals surface area contributed by atoms with Crippen molar-refractivity contribution < 1.29 is 9.53 Å². The molecule has 1 N–H and O–H groups in total. The van der Waals surface area contributed by atoms with Gasteiger partial charge in [0.2, 0.25) is 0 Å². The van der Waals surface area contributed by atoms with Crippen LogP contribution in [-0.4, -0.2) is 35.2 Å². The number of aromatic amines is 1. The maximum atomic E-state index is 12.2. The number of H-pyrrole nitrogens is 1. The van der Waals surface area contributed by atoms with Crippen LogP contribution in [0.15, 0.2) is 66.9 Å². The van der Waals surface area contributed by atoms with Crippen molar-refractivity contribution in [2.75, 3.05) is 19.5 Å². The van der Waals surface area contributed by atoms with Crippen LogP contribution in [0, 0.1) is 11.8 Å². The molecule has 0 radical (unpaired) electrons. The highest BCUT2D eigenvalue weighted by molar-refractivity contribution is 6.17. The highest BCUT2D eigenvalue weighted by atomic mass is 35.5. The lowest BCUT2D eigenvalue weighted by molar-refractivity contribution is -0.114. The van der Waals surface area contributed by atoms with Gasteiger partial charge in [0.15, 0.2) is 5.78 Å². The first-order valence-electron chi connectivity index (χ1n) is 12.8. The van der Waals surface area contributed by atoms with Gasteiger partial charge in [-0.05, 0) is 61.1 Å². The number of unbranched alkanes of at least 4 members (excludes halogenated alkanes) is 3. The molecular formula is C31H37ClN2O2. The van der Waals surface area contributed by atoms with Crippen LogP contribution in [0.3, 0.4) is 0 Å². The van der Waals surface area contributed by atoms with E-state index in [4.69, 9.17) is 16.3 Å². The Bertz CT molecular complexity index is 1150. The molecule has 0 saturated heterocycles. The second kappa shape index (κ2) is 15.9. The van der Waals surface area contributed by atoms with Gasteiger partial charge in [0.05, 0.1) is 7.11 Å². The van der Waals surface area contributed by atoms with Crippen LogP contribution < -0.4 is 4.74 Å². The van der Waals surface area contributed by atoms with Gasteiger partial charge in [0.1, 0.15) is 5.75 Å². The molecular weight excluding hydrogens is 468 g/mol. The molecule has 0 bridgehead atoms. The van der Waals surface area contributed by atoms with Gasteiger partial charge in [-0.25, -0.2) is 0 Å². The van der Waals surface area contributed by atoms with Crippen molar-refractivity contribution in [1.82, 2.24) is 9.88 Å². The number of ketones is 1. The molecule has 0 saturated carbocycles. The number of nitrogens with zero attached hydrogens (tertiary/aromatic N) is 1. The van der Waals surface area contributed by atoms with Crippen molar-refractivity contribution in [3.05, 3.63) is 78.0 Å². The summed E-state index contributed by atoms with van der Waals surface area (Å²) in [6.07, 6.45) is 11.8. The first-order chi connectivity index (χ1) is 17.7. The van der Waals surface area contributed by atoms with Crippen molar-refractivity contribution in [1.29, 1.82) is 0 Å². The van der Waals surface area contributed by atoms with Gasteiger partial charge in [0.25, 0.3) is 0 Å². The Kier molecular flexibility index (Phi) is 12.2.